The zero-order valence-electron chi connectivity index (χ0n) is 11.0. The first-order valence-electron chi connectivity index (χ1n) is 6.15. The van der Waals surface area contributed by atoms with E-state index < -0.39 is 10.9 Å². The van der Waals surface area contributed by atoms with Crippen molar-refractivity contribution in [2.24, 2.45) is 0 Å². The van der Waals surface area contributed by atoms with Gasteiger partial charge < -0.3 is 15.2 Å². The lowest BCUT2D eigenvalue weighted by Gasteiger charge is -2.40. The van der Waals surface area contributed by atoms with E-state index >= 15 is 0 Å². The number of pyridine rings is 1. The summed E-state index contributed by atoms with van der Waals surface area (Å²) in [6.45, 7) is 0.362. The molecule has 2 N–H and O–H groups in total. The van der Waals surface area contributed by atoms with E-state index in [1.54, 1.807) is 7.11 Å². The molecule has 108 valence electrons. The summed E-state index contributed by atoms with van der Waals surface area (Å²) >= 11 is 0. The molecule has 0 bridgehead atoms. The molecule has 0 amide bonds. The molecular formula is C12H15N3O5. The maximum Gasteiger partial charge on any atom is 0.354 e. The van der Waals surface area contributed by atoms with Gasteiger partial charge in [0.25, 0.3) is 0 Å². The monoisotopic (exact) mass is 281 g/mol. The smallest absolute Gasteiger partial charge is 0.354 e. The summed E-state index contributed by atoms with van der Waals surface area (Å²) in [7, 11) is 1.59. The molecular weight excluding hydrogens is 266 g/mol. The number of aromatic carboxylic acids is 1. The van der Waals surface area contributed by atoms with Crippen LogP contribution in [0.25, 0.3) is 0 Å². The first kappa shape index (κ1) is 14.2. The molecule has 2 rings (SSSR count). The highest BCUT2D eigenvalue weighted by Crippen LogP contribution is 2.35. The Kier molecular flexibility index (Phi) is 3.84. The highest BCUT2D eigenvalue weighted by molar-refractivity contribution is 5.86. The Bertz CT molecular complexity index is 536. The summed E-state index contributed by atoms with van der Waals surface area (Å²) in [6.07, 6.45) is 2.77. The molecule has 0 spiro atoms. The third-order valence-corrected chi connectivity index (χ3v) is 3.57. The molecule has 1 aromatic heterocycles. The quantitative estimate of drug-likeness (QED) is 0.602. The van der Waals surface area contributed by atoms with Crippen LogP contribution in [-0.2, 0) is 4.74 Å². The maximum atomic E-state index is 10.9. The van der Waals surface area contributed by atoms with Crippen LogP contribution in [0.3, 0.4) is 0 Å². The lowest BCUT2D eigenvalue weighted by molar-refractivity contribution is -0.384. The molecule has 1 aromatic rings. The molecule has 0 unspecified atom stereocenters. The summed E-state index contributed by atoms with van der Waals surface area (Å²) in [6, 6.07) is 2.25. The lowest BCUT2D eigenvalue weighted by atomic mass is 9.80. The van der Waals surface area contributed by atoms with Crippen molar-refractivity contribution in [1.29, 1.82) is 0 Å². The number of aromatic nitrogens is 1. The number of rotatable bonds is 6. The van der Waals surface area contributed by atoms with Crippen molar-refractivity contribution in [1.82, 2.24) is 4.98 Å². The van der Waals surface area contributed by atoms with E-state index in [2.05, 4.69) is 10.3 Å². The average molecular weight is 281 g/mol. The van der Waals surface area contributed by atoms with Crippen molar-refractivity contribution in [2.45, 2.75) is 24.9 Å². The second kappa shape index (κ2) is 5.41. The second-order valence-corrected chi connectivity index (χ2v) is 4.72. The van der Waals surface area contributed by atoms with Gasteiger partial charge in [0.1, 0.15) is 0 Å². The molecule has 1 aliphatic rings. The molecule has 0 saturated heterocycles. The molecule has 8 nitrogen and oxygen atoms in total. The minimum Gasteiger partial charge on any atom is -0.477 e. The number of carbonyl (C=O) groups is 1. The summed E-state index contributed by atoms with van der Waals surface area (Å²) in [5, 5.41) is 22.7. The molecule has 1 saturated carbocycles. The van der Waals surface area contributed by atoms with Crippen LogP contribution in [-0.4, -0.2) is 40.2 Å². The molecule has 1 aliphatic carbocycles. The van der Waals surface area contributed by atoms with E-state index in [0.717, 1.165) is 31.4 Å². The topological polar surface area (TPSA) is 115 Å². The van der Waals surface area contributed by atoms with Crippen molar-refractivity contribution in [3.63, 3.8) is 0 Å². The zero-order chi connectivity index (χ0) is 14.8. The van der Waals surface area contributed by atoms with Crippen LogP contribution in [0.15, 0.2) is 12.1 Å². The van der Waals surface area contributed by atoms with Gasteiger partial charge in [-0.1, -0.05) is 0 Å². The largest absolute Gasteiger partial charge is 0.477 e. The van der Waals surface area contributed by atoms with Crippen LogP contribution < -0.4 is 5.32 Å². The third kappa shape index (κ3) is 2.69. The van der Waals surface area contributed by atoms with Gasteiger partial charge >= 0.3 is 11.7 Å². The summed E-state index contributed by atoms with van der Waals surface area (Å²) in [5.74, 6) is -1.27. The number of carboxylic acids is 1. The summed E-state index contributed by atoms with van der Waals surface area (Å²) < 4.78 is 5.40. The first-order valence-corrected chi connectivity index (χ1v) is 6.15. The minimum atomic E-state index is -1.23. The molecule has 1 fully saturated rings. The third-order valence-electron chi connectivity index (χ3n) is 3.57. The Hall–Kier alpha value is -2.22. The van der Waals surface area contributed by atoms with Crippen molar-refractivity contribution in [3.05, 3.63) is 27.9 Å². The Labute approximate surface area is 114 Å². The Balaban J connectivity index is 2.21. The molecule has 20 heavy (non-hydrogen) atoms. The number of nitro groups is 1. The van der Waals surface area contributed by atoms with Gasteiger partial charge in [0.2, 0.25) is 5.82 Å². The van der Waals surface area contributed by atoms with Gasteiger partial charge in [-0.2, -0.15) is 0 Å². The van der Waals surface area contributed by atoms with Gasteiger partial charge in [0.05, 0.1) is 10.5 Å². The lowest BCUT2D eigenvalue weighted by Crippen LogP contribution is -2.45. The number of nitrogens with zero attached hydrogens (tertiary/aromatic N) is 2. The Morgan fingerprint density at radius 2 is 2.30 bits per heavy atom. The van der Waals surface area contributed by atoms with Crippen LogP contribution in [0.4, 0.5) is 11.5 Å². The second-order valence-electron chi connectivity index (χ2n) is 4.72. The van der Waals surface area contributed by atoms with Crippen molar-refractivity contribution in [3.8, 4) is 0 Å². The normalized spacial score (nSPS) is 16.2. The minimum absolute atomic E-state index is 0.0433. The van der Waals surface area contributed by atoms with E-state index in [1.807, 2.05) is 0 Å². The van der Waals surface area contributed by atoms with Crippen molar-refractivity contribution >= 4 is 17.5 Å². The van der Waals surface area contributed by atoms with Crippen LogP contribution in [0, 0.1) is 10.1 Å². The van der Waals surface area contributed by atoms with E-state index in [0.29, 0.717) is 6.54 Å². The van der Waals surface area contributed by atoms with E-state index in [-0.39, 0.29) is 22.8 Å². The number of anilines is 1. The number of hydrogen-bond acceptors (Lipinski definition) is 6. The standard InChI is InChI=1S/C12H15N3O5/c1-20-12(5-2-6-12)7-13-10-9(15(18)19)4-3-8(14-10)11(16)17/h3-4H,2,5-7H2,1H3,(H,13,14)(H,16,17). The fourth-order valence-electron chi connectivity index (χ4n) is 2.12. The van der Waals surface area contributed by atoms with E-state index in [1.165, 1.54) is 0 Å². The number of nitrogens with one attached hydrogen (secondary N) is 1. The van der Waals surface area contributed by atoms with E-state index in [4.69, 9.17) is 9.84 Å². The van der Waals surface area contributed by atoms with Gasteiger partial charge in [-0.3, -0.25) is 10.1 Å². The average Bonchev–Trinajstić information content (AvgIpc) is 2.37. The summed E-state index contributed by atoms with van der Waals surface area (Å²) in [5.41, 5.74) is -0.826. The van der Waals surface area contributed by atoms with Gasteiger partial charge in [-0.05, 0) is 25.3 Å². The molecule has 0 aromatic carbocycles. The number of ether oxygens (including phenoxy) is 1. The highest BCUT2D eigenvalue weighted by atomic mass is 16.6. The zero-order valence-corrected chi connectivity index (χ0v) is 11.0. The molecule has 1 heterocycles. The van der Waals surface area contributed by atoms with E-state index in [9.17, 15) is 14.9 Å². The predicted molar refractivity (Wildman–Crippen MR) is 69.9 cm³/mol. The number of methoxy groups -OCH3 is 1. The van der Waals surface area contributed by atoms with Crippen LogP contribution >= 0.6 is 0 Å². The molecule has 8 heteroatoms. The van der Waals surface area contributed by atoms with Crippen LogP contribution in [0.5, 0.6) is 0 Å². The van der Waals surface area contributed by atoms with Crippen LogP contribution in [0.1, 0.15) is 29.8 Å². The molecule has 0 aliphatic heterocycles. The fourth-order valence-corrected chi connectivity index (χ4v) is 2.12. The van der Waals surface area contributed by atoms with Gasteiger partial charge in [0.15, 0.2) is 5.69 Å². The summed E-state index contributed by atoms with van der Waals surface area (Å²) in [4.78, 5) is 25.0. The van der Waals surface area contributed by atoms with Crippen molar-refractivity contribution < 1.29 is 19.6 Å². The number of carboxylic acid groups (broad SMARTS) is 1. The number of hydrogen-bond donors (Lipinski definition) is 2. The van der Waals surface area contributed by atoms with Gasteiger partial charge in [0, 0.05) is 19.7 Å². The Morgan fingerprint density at radius 3 is 2.75 bits per heavy atom. The predicted octanol–water partition coefficient (Wildman–Crippen LogP) is 1.67. The Morgan fingerprint density at radius 1 is 1.60 bits per heavy atom. The highest BCUT2D eigenvalue weighted by Gasteiger charge is 2.37. The van der Waals surface area contributed by atoms with Gasteiger partial charge in [-0.25, -0.2) is 9.78 Å². The van der Waals surface area contributed by atoms with Crippen LogP contribution in [0.2, 0.25) is 0 Å². The van der Waals surface area contributed by atoms with Crippen molar-refractivity contribution in [2.75, 3.05) is 19.0 Å². The van der Waals surface area contributed by atoms with Gasteiger partial charge in [-0.15, -0.1) is 0 Å². The first-order chi connectivity index (χ1) is 9.47. The fraction of sp³-hybridized carbons (Fsp3) is 0.500. The molecule has 0 atom stereocenters. The SMILES string of the molecule is COC1(CNc2nc(C(=O)O)ccc2[N+](=O)[O-])CCC1. The molecule has 0 radical (unpaired) electrons. The maximum absolute atomic E-state index is 10.9.